The molecular formula is C27H39NO4. The number of carbonyl (C=O) groups excluding carboxylic acids is 2. The van der Waals surface area contributed by atoms with E-state index in [9.17, 15) is 9.59 Å². The normalized spacial score (nSPS) is 13.1. The Kier molecular flexibility index (Phi) is 9.26. The molecule has 5 heteroatoms. The van der Waals surface area contributed by atoms with Crippen LogP contribution in [0, 0.1) is 0 Å². The van der Waals surface area contributed by atoms with Crippen molar-refractivity contribution >= 4 is 22.6 Å². The van der Waals surface area contributed by atoms with Gasteiger partial charge in [0.1, 0.15) is 5.60 Å². The number of amides is 1. The fourth-order valence-corrected chi connectivity index (χ4v) is 3.46. The van der Waals surface area contributed by atoms with Crippen molar-refractivity contribution in [3.8, 4) is 0 Å². The number of esters is 1. The first-order valence-electron chi connectivity index (χ1n) is 11.6. The van der Waals surface area contributed by atoms with Gasteiger partial charge in [0.2, 0.25) is 5.91 Å². The third-order valence-electron chi connectivity index (χ3n) is 4.81. The monoisotopic (exact) mass is 441 g/mol. The van der Waals surface area contributed by atoms with Gasteiger partial charge in [-0.1, -0.05) is 48.9 Å². The smallest absolute Gasteiger partial charge is 0.336 e. The first-order valence-corrected chi connectivity index (χ1v) is 11.6. The molecule has 0 aromatic heterocycles. The van der Waals surface area contributed by atoms with E-state index in [1.807, 2.05) is 20.8 Å². The van der Waals surface area contributed by atoms with Gasteiger partial charge in [0, 0.05) is 6.54 Å². The van der Waals surface area contributed by atoms with E-state index in [1.165, 1.54) is 16.3 Å². The maximum atomic E-state index is 12.5. The molecule has 1 unspecified atom stereocenters. The van der Waals surface area contributed by atoms with Gasteiger partial charge < -0.3 is 14.8 Å². The van der Waals surface area contributed by atoms with Crippen LogP contribution < -0.4 is 5.32 Å². The molecule has 0 bridgehead atoms. The number of fused-ring (bicyclic) bond motifs is 1. The van der Waals surface area contributed by atoms with Crippen molar-refractivity contribution in [2.24, 2.45) is 0 Å². The van der Waals surface area contributed by atoms with E-state index >= 15 is 0 Å². The number of aryl methyl sites for hydroxylation is 1. The highest BCUT2D eigenvalue weighted by Crippen LogP contribution is 2.19. The number of benzene rings is 2. The lowest BCUT2D eigenvalue weighted by Gasteiger charge is -2.29. The molecule has 0 spiro atoms. The SMILES string of the molecule is CC(C)(C)OC(=O)C(CC(=O)NCCCCCc1ccc2ccccc2c1)OC(C)(C)C. The Labute approximate surface area is 192 Å². The molecule has 0 radical (unpaired) electrons. The Morgan fingerprint density at radius 2 is 1.56 bits per heavy atom. The zero-order valence-electron chi connectivity index (χ0n) is 20.5. The van der Waals surface area contributed by atoms with Crippen molar-refractivity contribution in [1.29, 1.82) is 0 Å². The lowest BCUT2D eigenvalue weighted by atomic mass is 10.0. The molecule has 0 fully saturated rings. The maximum Gasteiger partial charge on any atom is 0.336 e. The molecule has 2 aromatic rings. The van der Waals surface area contributed by atoms with Crippen LogP contribution in [0.3, 0.4) is 0 Å². The van der Waals surface area contributed by atoms with E-state index < -0.39 is 23.3 Å². The third-order valence-corrected chi connectivity index (χ3v) is 4.81. The average Bonchev–Trinajstić information content (AvgIpc) is 2.67. The third kappa shape index (κ3) is 9.82. The molecule has 0 aliphatic heterocycles. The van der Waals surface area contributed by atoms with Crippen LogP contribution in [0.25, 0.3) is 10.8 Å². The summed E-state index contributed by atoms with van der Waals surface area (Å²) in [4.78, 5) is 24.9. The summed E-state index contributed by atoms with van der Waals surface area (Å²) in [6.45, 7) is 11.6. The van der Waals surface area contributed by atoms with Crippen LogP contribution in [0.15, 0.2) is 42.5 Å². The van der Waals surface area contributed by atoms with E-state index in [1.54, 1.807) is 20.8 Å². The van der Waals surface area contributed by atoms with Crippen LogP contribution >= 0.6 is 0 Å². The van der Waals surface area contributed by atoms with Gasteiger partial charge in [0.15, 0.2) is 6.10 Å². The molecule has 1 atom stereocenters. The average molecular weight is 442 g/mol. The van der Waals surface area contributed by atoms with Gasteiger partial charge in [-0.05, 0) is 77.1 Å². The maximum absolute atomic E-state index is 12.5. The number of unbranched alkanes of at least 4 members (excludes halogenated alkanes) is 2. The molecule has 176 valence electrons. The summed E-state index contributed by atoms with van der Waals surface area (Å²) in [6, 6.07) is 15.0. The van der Waals surface area contributed by atoms with Crippen LogP contribution in [0.2, 0.25) is 0 Å². The van der Waals surface area contributed by atoms with Gasteiger partial charge in [-0.25, -0.2) is 4.79 Å². The largest absolute Gasteiger partial charge is 0.458 e. The van der Waals surface area contributed by atoms with Crippen molar-refractivity contribution in [3.05, 3.63) is 48.0 Å². The first-order chi connectivity index (χ1) is 14.9. The zero-order valence-corrected chi connectivity index (χ0v) is 20.5. The molecule has 2 rings (SSSR count). The highest BCUT2D eigenvalue weighted by Gasteiger charge is 2.31. The summed E-state index contributed by atoms with van der Waals surface area (Å²) >= 11 is 0. The van der Waals surface area contributed by atoms with Gasteiger partial charge in [0.25, 0.3) is 0 Å². The van der Waals surface area contributed by atoms with E-state index in [0.29, 0.717) is 6.54 Å². The summed E-state index contributed by atoms with van der Waals surface area (Å²) in [5.74, 6) is -0.697. The molecule has 0 aliphatic carbocycles. The Morgan fingerprint density at radius 3 is 2.22 bits per heavy atom. The summed E-state index contributed by atoms with van der Waals surface area (Å²) < 4.78 is 11.2. The minimum atomic E-state index is -0.915. The van der Waals surface area contributed by atoms with Gasteiger partial charge >= 0.3 is 5.97 Å². The molecule has 32 heavy (non-hydrogen) atoms. The standard InChI is InChI=1S/C27H39NO4/c1-26(2,3)31-23(25(30)32-27(4,5)6)19-24(29)28-17-11-7-8-12-20-15-16-21-13-9-10-14-22(21)18-20/h9-10,13-16,18,23H,7-8,11-12,17,19H2,1-6H3,(H,28,29). The second kappa shape index (κ2) is 11.5. The van der Waals surface area contributed by atoms with Crippen molar-refractivity contribution in [2.45, 2.75) is 91.0 Å². The quantitative estimate of drug-likeness (QED) is 0.386. The van der Waals surface area contributed by atoms with Crippen LogP contribution in [0.4, 0.5) is 0 Å². The van der Waals surface area contributed by atoms with Crippen molar-refractivity contribution in [1.82, 2.24) is 5.32 Å². The van der Waals surface area contributed by atoms with E-state index in [0.717, 1.165) is 25.7 Å². The van der Waals surface area contributed by atoms with E-state index in [2.05, 4.69) is 47.8 Å². The van der Waals surface area contributed by atoms with Crippen LogP contribution in [0.5, 0.6) is 0 Å². The Hall–Kier alpha value is -2.40. The number of nitrogens with one attached hydrogen (secondary N) is 1. The van der Waals surface area contributed by atoms with Crippen molar-refractivity contribution in [2.75, 3.05) is 6.54 Å². The number of ether oxygens (including phenoxy) is 2. The highest BCUT2D eigenvalue weighted by molar-refractivity contribution is 5.85. The second-order valence-electron chi connectivity index (χ2n) is 10.3. The number of carbonyl (C=O) groups is 2. The molecule has 1 N–H and O–H groups in total. The molecule has 0 saturated heterocycles. The van der Waals surface area contributed by atoms with Crippen LogP contribution in [-0.2, 0) is 25.5 Å². The summed E-state index contributed by atoms with van der Waals surface area (Å²) in [6.07, 6.45) is 3.07. The molecule has 0 aliphatic rings. The summed E-state index contributed by atoms with van der Waals surface area (Å²) in [5, 5.41) is 5.45. The van der Waals surface area contributed by atoms with Crippen LogP contribution in [-0.4, -0.2) is 35.7 Å². The van der Waals surface area contributed by atoms with E-state index in [4.69, 9.17) is 9.47 Å². The molecule has 2 aromatic carbocycles. The van der Waals surface area contributed by atoms with E-state index in [-0.39, 0.29) is 12.3 Å². The Balaban J connectivity index is 1.72. The van der Waals surface area contributed by atoms with Gasteiger partial charge in [-0.15, -0.1) is 0 Å². The lowest BCUT2D eigenvalue weighted by Crippen LogP contribution is -2.41. The highest BCUT2D eigenvalue weighted by atomic mass is 16.6. The van der Waals surface area contributed by atoms with Gasteiger partial charge in [-0.3, -0.25) is 4.79 Å². The van der Waals surface area contributed by atoms with Crippen LogP contribution in [0.1, 0.15) is 72.8 Å². The molecular weight excluding hydrogens is 402 g/mol. The Bertz CT molecular complexity index is 892. The number of hydrogen-bond acceptors (Lipinski definition) is 4. The Morgan fingerprint density at radius 1 is 0.875 bits per heavy atom. The van der Waals surface area contributed by atoms with Gasteiger partial charge in [-0.2, -0.15) is 0 Å². The predicted molar refractivity (Wildman–Crippen MR) is 130 cm³/mol. The topological polar surface area (TPSA) is 64.6 Å². The first kappa shape index (κ1) is 25.9. The molecule has 0 saturated carbocycles. The lowest BCUT2D eigenvalue weighted by molar-refractivity contribution is -0.179. The zero-order chi connectivity index (χ0) is 23.8. The summed E-state index contributed by atoms with van der Waals surface area (Å²) in [7, 11) is 0. The minimum absolute atomic E-state index is 0.0384. The second-order valence-corrected chi connectivity index (χ2v) is 10.3. The van der Waals surface area contributed by atoms with Crippen molar-refractivity contribution in [3.63, 3.8) is 0 Å². The molecule has 1 amide bonds. The molecule has 0 heterocycles. The summed E-state index contributed by atoms with van der Waals surface area (Å²) in [5.41, 5.74) is 0.162. The number of rotatable bonds is 10. The van der Waals surface area contributed by atoms with Gasteiger partial charge in [0.05, 0.1) is 12.0 Å². The number of hydrogen-bond donors (Lipinski definition) is 1. The van der Waals surface area contributed by atoms with Crippen molar-refractivity contribution < 1.29 is 19.1 Å². The predicted octanol–water partition coefficient (Wildman–Crippen LogP) is 5.58. The fourth-order valence-electron chi connectivity index (χ4n) is 3.46. The fraction of sp³-hybridized carbons (Fsp3) is 0.556. The minimum Gasteiger partial charge on any atom is -0.458 e. The molecule has 5 nitrogen and oxygen atoms in total.